The summed E-state index contributed by atoms with van der Waals surface area (Å²) in [4.78, 5) is 35.8. The van der Waals surface area contributed by atoms with Gasteiger partial charge in [-0.25, -0.2) is 9.59 Å². The van der Waals surface area contributed by atoms with Crippen molar-refractivity contribution in [1.29, 1.82) is 0 Å². The Bertz CT molecular complexity index is 418. The van der Waals surface area contributed by atoms with Crippen molar-refractivity contribution in [2.45, 2.75) is 36.6 Å². The van der Waals surface area contributed by atoms with Gasteiger partial charge in [-0.3, -0.25) is 9.69 Å². The third kappa shape index (κ3) is 3.36. The third-order valence-electron chi connectivity index (χ3n) is 3.77. The summed E-state index contributed by atoms with van der Waals surface area (Å²) in [6, 6.07) is -1.39. The molecule has 1 heterocycles. The van der Waals surface area contributed by atoms with Crippen LogP contribution in [0.3, 0.4) is 0 Å². The Balaban J connectivity index is 1.95. The van der Waals surface area contributed by atoms with Crippen LogP contribution in [-0.2, 0) is 9.59 Å². The van der Waals surface area contributed by atoms with E-state index in [0.717, 1.165) is 24.2 Å². The van der Waals surface area contributed by atoms with Gasteiger partial charge in [0.25, 0.3) is 0 Å². The molecule has 1 aliphatic heterocycles. The summed E-state index contributed by atoms with van der Waals surface area (Å²) < 4.78 is 0. The maximum Gasteiger partial charge on any atom is 0.328 e. The molecule has 2 rings (SSSR count). The number of carbonyl (C=O) groups excluding carboxylic acids is 2. The molecule has 0 aromatic rings. The molecule has 0 spiro atoms. The van der Waals surface area contributed by atoms with E-state index in [9.17, 15) is 14.4 Å². The van der Waals surface area contributed by atoms with Crippen LogP contribution in [0, 0.1) is 0 Å². The molecule has 3 amide bonds. The number of urea groups is 1. The molecule has 112 valence electrons. The summed E-state index contributed by atoms with van der Waals surface area (Å²) in [5.41, 5.74) is 0. The van der Waals surface area contributed by atoms with Gasteiger partial charge in [0.1, 0.15) is 12.6 Å². The number of hydrogen-bond donors (Lipinski definition) is 3. The van der Waals surface area contributed by atoms with Gasteiger partial charge < -0.3 is 15.7 Å². The zero-order chi connectivity index (χ0) is 14.7. The standard InChI is InChI=1S/C12H19N3O4S/c1-20-8-3-2-7(4-8)14-12(19)15-6-10(16)13-5-9(15)11(17)18/h7-9H,2-6H2,1H3,(H,13,16)(H,14,19)(H,17,18). The van der Waals surface area contributed by atoms with Crippen molar-refractivity contribution >= 4 is 29.7 Å². The summed E-state index contributed by atoms with van der Waals surface area (Å²) in [5, 5.41) is 15.0. The van der Waals surface area contributed by atoms with Crippen molar-refractivity contribution in [3.8, 4) is 0 Å². The molecular weight excluding hydrogens is 282 g/mol. The van der Waals surface area contributed by atoms with E-state index in [1.54, 1.807) is 11.8 Å². The molecule has 0 aromatic heterocycles. The Morgan fingerprint density at radius 3 is 2.80 bits per heavy atom. The molecule has 0 bridgehead atoms. The van der Waals surface area contributed by atoms with Gasteiger partial charge in [0, 0.05) is 17.8 Å². The zero-order valence-corrected chi connectivity index (χ0v) is 12.1. The summed E-state index contributed by atoms with van der Waals surface area (Å²) in [6.45, 7) is -0.249. The molecule has 0 radical (unpaired) electrons. The largest absolute Gasteiger partial charge is 0.480 e. The average molecular weight is 301 g/mol. The molecule has 7 nitrogen and oxygen atoms in total. The van der Waals surface area contributed by atoms with Crippen molar-refractivity contribution < 1.29 is 19.5 Å². The lowest BCUT2D eigenvalue weighted by Gasteiger charge is -2.33. The second-order valence-corrected chi connectivity index (χ2v) is 6.24. The number of hydrogen-bond acceptors (Lipinski definition) is 4. The highest BCUT2D eigenvalue weighted by molar-refractivity contribution is 7.99. The fourth-order valence-corrected chi connectivity index (χ4v) is 3.41. The van der Waals surface area contributed by atoms with E-state index in [4.69, 9.17) is 5.11 Å². The molecule has 3 unspecified atom stereocenters. The lowest BCUT2D eigenvalue weighted by Crippen LogP contribution is -2.62. The molecule has 1 aliphatic carbocycles. The number of thioether (sulfide) groups is 1. The van der Waals surface area contributed by atoms with E-state index in [2.05, 4.69) is 10.6 Å². The number of nitrogens with zero attached hydrogens (tertiary/aromatic N) is 1. The van der Waals surface area contributed by atoms with Gasteiger partial charge in [-0.2, -0.15) is 11.8 Å². The van der Waals surface area contributed by atoms with Gasteiger partial charge in [-0.15, -0.1) is 0 Å². The van der Waals surface area contributed by atoms with E-state index >= 15 is 0 Å². The first-order valence-electron chi connectivity index (χ1n) is 6.60. The number of amides is 3. The van der Waals surface area contributed by atoms with Crippen molar-refractivity contribution in [1.82, 2.24) is 15.5 Å². The highest BCUT2D eigenvalue weighted by atomic mass is 32.2. The van der Waals surface area contributed by atoms with Crippen molar-refractivity contribution in [3.63, 3.8) is 0 Å². The van der Waals surface area contributed by atoms with Gasteiger partial charge in [-0.05, 0) is 25.5 Å². The van der Waals surface area contributed by atoms with Gasteiger partial charge in [-0.1, -0.05) is 0 Å². The number of rotatable bonds is 3. The average Bonchev–Trinajstić information content (AvgIpc) is 2.85. The first-order chi connectivity index (χ1) is 9.51. The van der Waals surface area contributed by atoms with Crippen LogP contribution in [0.25, 0.3) is 0 Å². The van der Waals surface area contributed by atoms with Crippen LogP contribution in [0.15, 0.2) is 0 Å². The van der Waals surface area contributed by atoms with Crippen LogP contribution in [0.5, 0.6) is 0 Å². The normalized spacial score (nSPS) is 29.9. The van der Waals surface area contributed by atoms with Crippen molar-refractivity contribution in [2.75, 3.05) is 19.3 Å². The first-order valence-corrected chi connectivity index (χ1v) is 7.89. The highest BCUT2D eigenvalue weighted by Crippen LogP contribution is 2.28. The Morgan fingerprint density at radius 2 is 2.20 bits per heavy atom. The third-order valence-corrected chi connectivity index (χ3v) is 4.87. The maximum atomic E-state index is 12.2. The van der Waals surface area contributed by atoms with Gasteiger partial charge >= 0.3 is 12.0 Å². The predicted molar refractivity (Wildman–Crippen MR) is 74.6 cm³/mol. The van der Waals surface area contributed by atoms with E-state index in [-0.39, 0.29) is 25.0 Å². The van der Waals surface area contributed by atoms with Crippen LogP contribution in [-0.4, -0.2) is 64.6 Å². The van der Waals surface area contributed by atoms with Gasteiger partial charge in [0.05, 0.1) is 0 Å². The minimum atomic E-state index is -1.10. The molecule has 0 aromatic carbocycles. The SMILES string of the molecule is CSC1CCC(NC(=O)N2CC(=O)NCC2C(=O)O)C1. The Kier molecular flexibility index (Phi) is 4.74. The van der Waals surface area contributed by atoms with E-state index in [0.29, 0.717) is 5.25 Å². The number of nitrogens with one attached hydrogen (secondary N) is 2. The molecule has 8 heteroatoms. The second kappa shape index (κ2) is 6.34. The topological polar surface area (TPSA) is 98.7 Å². The number of aliphatic carboxylic acids is 1. The summed E-state index contributed by atoms with van der Waals surface area (Å²) in [7, 11) is 0. The summed E-state index contributed by atoms with van der Waals surface area (Å²) >= 11 is 1.78. The van der Waals surface area contributed by atoms with Crippen LogP contribution >= 0.6 is 11.8 Å². The molecule has 2 aliphatic rings. The lowest BCUT2D eigenvalue weighted by atomic mass is 10.2. The van der Waals surface area contributed by atoms with Crippen LogP contribution < -0.4 is 10.6 Å². The Hall–Kier alpha value is -1.44. The molecule has 2 fully saturated rings. The Morgan fingerprint density at radius 1 is 1.45 bits per heavy atom. The fourth-order valence-electron chi connectivity index (χ4n) is 2.62. The van der Waals surface area contributed by atoms with Gasteiger partial charge in [0.15, 0.2) is 0 Å². The minimum absolute atomic E-state index is 0.0420. The molecule has 3 N–H and O–H groups in total. The molecule has 3 atom stereocenters. The quantitative estimate of drug-likeness (QED) is 0.674. The monoisotopic (exact) mass is 301 g/mol. The minimum Gasteiger partial charge on any atom is -0.480 e. The molecular formula is C12H19N3O4S. The zero-order valence-electron chi connectivity index (χ0n) is 11.3. The van der Waals surface area contributed by atoms with E-state index in [1.807, 2.05) is 6.26 Å². The molecule has 1 saturated carbocycles. The highest BCUT2D eigenvalue weighted by Gasteiger charge is 2.36. The van der Waals surface area contributed by atoms with Crippen LogP contribution in [0.2, 0.25) is 0 Å². The number of carbonyl (C=O) groups is 3. The first kappa shape index (κ1) is 15.0. The van der Waals surface area contributed by atoms with Crippen LogP contribution in [0.1, 0.15) is 19.3 Å². The second-order valence-electron chi connectivity index (χ2n) is 5.10. The van der Waals surface area contributed by atoms with Crippen LogP contribution in [0.4, 0.5) is 4.79 Å². The summed E-state index contributed by atoms with van der Waals surface area (Å²) in [5.74, 6) is -1.43. The lowest BCUT2D eigenvalue weighted by molar-refractivity contribution is -0.144. The van der Waals surface area contributed by atoms with Crippen molar-refractivity contribution in [3.05, 3.63) is 0 Å². The summed E-state index contributed by atoms with van der Waals surface area (Å²) in [6.07, 6.45) is 4.89. The number of carboxylic acids is 1. The van der Waals surface area contributed by atoms with E-state index in [1.165, 1.54) is 0 Å². The predicted octanol–water partition coefficient (Wildman–Crippen LogP) is -0.135. The van der Waals surface area contributed by atoms with E-state index < -0.39 is 18.0 Å². The molecule has 20 heavy (non-hydrogen) atoms. The van der Waals surface area contributed by atoms with Crippen molar-refractivity contribution in [2.24, 2.45) is 0 Å². The number of piperazine rings is 1. The Labute approximate surface area is 121 Å². The molecule has 1 saturated heterocycles. The fraction of sp³-hybridized carbons (Fsp3) is 0.750. The maximum absolute atomic E-state index is 12.2. The number of carboxylic acid groups (broad SMARTS) is 1. The smallest absolute Gasteiger partial charge is 0.328 e. The van der Waals surface area contributed by atoms with Gasteiger partial charge in [0.2, 0.25) is 5.91 Å².